The molecule has 1 amide bonds. The molecule has 5 nitrogen and oxygen atoms in total. The highest BCUT2D eigenvalue weighted by molar-refractivity contribution is 5.78. The zero-order valence-electron chi connectivity index (χ0n) is 13.1. The third-order valence-corrected chi connectivity index (χ3v) is 4.49. The van der Waals surface area contributed by atoms with Crippen molar-refractivity contribution in [2.75, 3.05) is 33.4 Å². The first-order valence-electron chi connectivity index (χ1n) is 8.03. The van der Waals surface area contributed by atoms with Gasteiger partial charge in [0.2, 0.25) is 5.91 Å². The van der Waals surface area contributed by atoms with Gasteiger partial charge < -0.3 is 19.7 Å². The van der Waals surface area contributed by atoms with Crippen LogP contribution in [0.15, 0.2) is 24.3 Å². The Labute approximate surface area is 131 Å². The van der Waals surface area contributed by atoms with Gasteiger partial charge in [-0.2, -0.15) is 0 Å². The van der Waals surface area contributed by atoms with Crippen molar-refractivity contribution in [2.24, 2.45) is 0 Å². The van der Waals surface area contributed by atoms with Gasteiger partial charge in [-0.15, -0.1) is 0 Å². The highest BCUT2D eigenvalue weighted by Crippen LogP contribution is 2.37. The number of hydrogen-bond acceptors (Lipinski definition) is 4. The number of carbonyl (C=O) groups excluding carboxylic acids is 1. The second-order valence-electron chi connectivity index (χ2n) is 5.92. The summed E-state index contributed by atoms with van der Waals surface area (Å²) >= 11 is 0. The van der Waals surface area contributed by atoms with Crippen LogP contribution < -0.4 is 10.1 Å². The van der Waals surface area contributed by atoms with E-state index in [0.29, 0.717) is 13.0 Å². The van der Waals surface area contributed by atoms with Gasteiger partial charge in [0.15, 0.2) is 0 Å². The normalized spacial score (nSPS) is 25.2. The third kappa shape index (κ3) is 3.25. The van der Waals surface area contributed by atoms with E-state index in [4.69, 9.17) is 9.47 Å². The number of carbonyl (C=O) groups is 1. The summed E-state index contributed by atoms with van der Waals surface area (Å²) in [5, 5.41) is 3.35. The molecule has 2 saturated heterocycles. The molecule has 2 unspecified atom stereocenters. The smallest absolute Gasteiger partial charge is 0.224 e. The number of para-hydroxylation sites is 1. The molecule has 0 bridgehead atoms. The molecule has 1 aromatic carbocycles. The number of ether oxygens (including phenoxy) is 2. The van der Waals surface area contributed by atoms with Crippen molar-refractivity contribution < 1.29 is 14.3 Å². The summed E-state index contributed by atoms with van der Waals surface area (Å²) in [6.45, 7) is 3.01. The SMILES string of the molecule is COc1ccccc1C1CCCN1C(=O)CC1COCCN1. The van der Waals surface area contributed by atoms with Crippen LogP contribution in [0.3, 0.4) is 0 Å². The lowest BCUT2D eigenvalue weighted by molar-refractivity contribution is -0.133. The lowest BCUT2D eigenvalue weighted by Gasteiger charge is -2.29. The summed E-state index contributed by atoms with van der Waals surface area (Å²) in [6.07, 6.45) is 2.55. The molecule has 2 aliphatic heterocycles. The number of morpholine rings is 1. The molecule has 22 heavy (non-hydrogen) atoms. The fourth-order valence-electron chi connectivity index (χ4n) is 3.41. The van der Waals surface area contributed by atoms with Crippen molar-refractivity contribution >= 4 is 5.91 Å². The zero-order chi connectivity index (χ0) is 15.4. The first-order valence-corrected chi connectivity index (χ1v) is 8.03. The number of benzene rings is 1. The first kappa shape index (κ1) is 15.3. The van der Waals surface area contributed by atoms with Gasteiger partial charge >= 0.3 is 0 Å². The number of likely N-dealkylation sites (tertiary alicyclic amines) is 1. The molecule has 2 fully saturated rings. The van der Waals surface area contributed by atoms with Crippen LogP contribution in [0.4, 0.5) is 0 Å². The van der Waals surface area contributed by atoms with Crippen molar-refractivity contribution in [1.82, 2.24) is 10.2 Å². The van der Waals surface area contributed by atoms with Crippen molar-refractivity contribution in [3.8, 4) is 5.75 Å². The highest BCUT2D eigenvalue weighted by Gasteiger charge is 2.32. The van der Waals surface area contributed by atoms with Crippen LogP contribution in [0.2, 0.25) is 0 Å². The van der Waals surface area contributed by atoms with Crippen LogP contribution in [-0.4, -0.2) is 50.3 Å². The van der Waals surface area contributed by atoms with Crippen LogP contribution in [0.1, 0.15) is 30.9 Å². The molecule has 1 aromatic rings. The van der Waals surface area contributed by atoms with E-state index in [1.165, 1.54) is 0 Å². The van der Waals surface area contributed by atoms with Crippen LogP contribution in [-0.2, 0) is 9.53 Å². The molecular formula is C17H24N2O3. The number of rotatable bonds is 4. The van der Waals surface area contributed by atoms with Gasteiger partial charge in [0.25, 0.3) is 0 Å². The summed E-state index contributed by atoms with van der Waals surface area (Å²) in [6, 6.07) is 8.28. The van der Waals surface area contributed by atoms with E-state index in [1.54, 1.807) is 7.11 Å². The van der Waals surface area contributed by atoms with Gasteiger partial charge in [-0.3, -0.25) is 4.79 Å². The topological polar surface area (TPSA) is 50.8 Å². The minimum absolute atomic E-state index is 0.133. The fourth-order valence-corrected chi connectivity index (χ4v) is 3.41. The predicted molar refractivity (Wildman–Crippen MR) is 83.9 cm³/mol. The summed E-state index contributed by atoms with van der Waals surface area (Å²) in [7, 11) is 1.68. The average molecular weight is 304 g/mol. The molecule has 0 saturated carbocycles. The maximum absolute atomic E-state index is 12.7. The largest absolute Gasteiger partial charge is 0.496 e. The lowest BCUT2D eigenvalue weighted by Crippen LogP contribution is -2.45. The Balaban J connectivity index is 1.70. The van der Waals surface area contributed by atoms with E-state index in [9.17, 15) is 4.79 Å². The van der Waals surface area contributed by atoms with E-state index in [-0.39, 0.29) is 18.0 Å². The predicted octanol–water partition coefficient (Wildman–Crippen LogP) is 1.74. The number of nitrogens with zero attached hydrogens (tertiary/aromatic N) is 1. The maximum Gasteiger partial charge on any atom is 0.224 e. The molecule has 1 N–H and O–H groups in total. The van der Waals surface area contributed by atoms with Crippen molar-refractivity contribution in [1.29, 1.82) is 0 Å². The van der Waals surface area contributed by atoms with Crippen molar-refractivity contribution in [3.63, 3.8) is 0 Å². The Morgan fingerprint density at radius 3 is 3.09 bits per heavy atom. The summed E-state index contributed by atoms with van der Waals surface area (Å²) in [4.78, 5) is 14.7. The zero-order valence-corrected chi connectivity index (χ0v) is 13.1. The van der Waals surface area contributed by atoms with Gasteiger partial charge in [0, 0.05) is 31.1 Å². The lowest BCUT2D eigenvalue weighted by atomic mass is 10.0. The number of amides is 1. The highest BCUT2D eigenvalue weighted by atomic mass is 16.5. The fraction of sp³-hybridized carbons (Fsp3) is 0.588. The Hall–Kier alpha value is -1.59. The van der Waals surface area contributed by atoms with E-state index in [0.717, 1.165) is 43.9 Å². The van der Waals surface area contributed by atoms with Gasteiger partial charge in [-0.25, -0.2) is 0 Å². The van der Waals surface area contributed by atoms with Gasteiger partial charge in [0.05, 0.1) is 26.4 Å². The molecule has 0 radical (unpaired) electrons. The minimum atomic E-state index is 0.133. The van der Waals surface area contributed by atoms with Crippen LogP contribution in [0.5, 0.6) is 5.75 Å². The second-order valence-corrected chi connectivity index (χ2v) is 5.92. The van der Waals surface area contributed by atoms with E-state index >= 15 is 0 Å². The molecule has 2 aliphatic rings. The number of methoxy groups -OCH3 is 1. The Kier molecular flexibility index (Phi) is 4.95. The maximum atomic E-state index is 12.7. The molecule has 3 rings (SSSR count). The van der Waals surface area contributed by atoms with Crippen LogP contribution in [0.25, 0.3) is 0 Å². The summed E-state index contributed by atoms with van der Waals surface area (Å²) in [5.74, 6) is 1.07. The molecule has 0 spiro atoms. The Bertz CT molecular complexity index is 514. The van der Waals surface area contributed by atoms with E-state index in [1.807, 2.05) is 23.1 Å². The first-order chi connectivity index (χ1) is 10.8. The van der Waals surface area contributed by atoms with E-state index in [2.05, 4.69) is 11.4 Å². The van der Waals surface area contributed by atoms with Gasteiger partial charge in [-0.1, -0.05) is 18.2 Å². The quantitative estimate of drug-likeness (QED) is 0.920. The van der Waals surface area contributed by atoms with Crippen molar-refractivity contribution in [2.45, 2.75) is 31.3 Å². The molecular weight excluding hydrogens is 280 g/mol. The second kappa shape index (κ2) is 7.11. The molecule has 0 aromatic heterocycles. The number of nitrogens with one attached hydrogen (secondary N) is 1. The van der Waals surface area contributed by atoms with Gasteiger partial charge in [0.1, 0.15) is 5.75 Å². The minimum Gasteiger partial charge on any atom is -0.496 e. The van der Waals surface area contributed by atoms with Gasteiger partial charge in [-0.05, 0) is 18.9 Å². The third-order valence-electron chi connectivity index (χ3n) is 4.49. The molecule has 2 heterocycles. The molecule has 2 atom stereocenters. The molecule has 5 heteroatoms. The van der Waals surface area contributed by atoms with Crippen molar-refractivity contribution in [3.05, 3.63) is 29.8 Å². The summed E-state index contributed by atoms with van der Waals surface area (Å²) in [5.41, 5.74) is 1.11. The average Bonchev–Trinajstić information content (AvgIpc) is 3.05. The summed E-state index contributed by atoms with van der Waals surface area (Å²) < 4.78 is 10.9. The van der Waals surface area contributed by atoms with Crippen LogP contribution >= 0.6 is 0 Å². The van der Waals surface area contributed by atoms with E-state index < -0.39 is 0 Å². The molecule has 0 aliphatic carbocycles. The van der Waals surface area contributed by atoms with Crippen LogP contribution in [0, 0.1) is 0 Å². The Morgan fingerprint density at radius 1 is 1.45 bits per heavy atom. The molecule has 120 valence electrons. The standard InChI is InChI=1S/C17H24N2O3/c1-21-16-7-3-2-5-14(16)15-6-4-9-19(15)17(20)11-13-12-22-10-8-18-13/h2-3,5,7,13,15,18H,4,6,8-12H2,1H3. The monoisotopic (exact) mass is 304 g/mol. The number of hydrogen-bond donors (Lipinski definition) is 1. The Morgan fingerprint density at radius 2 is 2.32 bits per heavy atom.